The summed E-state index contributed by atoms with van der Waals surface area (Å²) in [6.07, 6.45) is 0.988. The maximum atomic E-state index is 9.44. The summed E-state index contributed by atoms with van der Waals surface area (Å²) in [5.41, 5.74) is 8.25. The van der Waals surface area contributed by atoms with Crippen LogP contribution in [-0.4, -0.2) is 29.5 Å². The first kappa shape index (κ1) is 26.2. The standard InChI is InChI=1S/C35H33NO3/c37-25-34(38)26-39-35-23-15-28(16-24-35)12-11-27-13-19-32(20-14-27)36(31-9-5-2-6-10-31)33-21-17-30(18-22-33)29-7-3-1-4-8-29/h1-10,13-24,34,37-38H,11-12,25-26H2. The molecule has 0 aliphatic heterocycles. The van der Waals surface area contributed by atoms with Gasteiger partial charge in [0.05, 0.1) is 6.61 Å². The van der Waals surface area contributed by atoms with Gasteiger partial charge in [-0.3, -0.25) is 0 Å². The van der Waals surface area contributed by atoms with E-state index < -0.39 is 6.10 Å². The molecule has 4 nitrogen and oxygen atoms in total. The van der Waals surface area contributed by atoms with Crippen LogP contribution in [0.2, 0.25) is 0 Å². The average Bonchev–Trinajstić information content (AvgIpc) is 3.01. The molecule has 0 saturated carbocycles. The second-order valence-corrected chi connectivity index (χ2v) is 9.54. The van der Waals surface area contributed by atoms with Crippen LogP contribution in [0.25, 0.3) is 11.1 Å². The highest BCUT2D eigenvalue weighted by molar-refractivity contribution is 5.78. The Morgan fingerprint density at radius 2 is 1.00 bits per heavy atom. The average molecular weight is 516 g/mol. The molecule has 5 aromatic rings. The first-order valence-electron chi connectivity index (χ1n) is 13.3. The van der Waals surface area contributed by atoms with E-state index in [1.165, 1.54) is 22.3 Å². The smallest absolute Gasteiger partial charge is 0.119 e. The molecule has 5 rings (SSSR count). The van der Waals surface area contributed by atoms with Crippen molar-refractivity contribution in [3.05, 3.63) is 145 Å². The molecule has 0 radical (unpaired) electrons. The molecule has 196 valence electrons. The lowest BCUT2D eigenvalue weighted by atomic mass is 10.0. The zero-order valence-electron chi connectivity index (χ0n) is 21.9. The van der Waals surface area contributed by atoms with Gasteiger partial charge in [-0.15, -0.1) is 0 Å². The van der Waals surface area contributed by atoms with Crippen LogP contribution in [-0.2, 0) is 12.8 Å². The van der Waals surface area contributed by atoms with Gasteiger partial charge in [0.2, 0.25) is 0 Å². The zero-order valence-corrected chi connectivity index (χ0v) is 21.9. The lowest BCUT2D eigenvalue weighted by Crippen LogP contribution is -2.21. The Hall–Kier alpha value is -4.38. The minimum Gasteiger partial charge on any atom is -0.491 e. The fourth-order valence-electron chi connectivity index (χ4n) is 4.56. The predicted molar refractivity (Wildman–Crippen MR) is 159 cm³/mol. The molecule has 2 N–H and O–H groups in total. The number of hydrogen-bond acceptors (Lipinski definition) is 4. The Labute approximate surface area is 230 Å². The van der Waals surface area contributed by atoms with Gasteiger partial charge in [-0.1, -0.05) is 84.9 Å². The number of nitrogens with zero attached hydrogens (tertiary/aromatic N) is 1. The molecule has 0 aromatic heterocycles. The Morgan fingerprint density at radius 1 is 0.538 bits per heavy atom. The highest BCUT2D eigenvalue weighted by Crippen LogP contribution is 2.35. The molecule has 0 spiro atoms. The Balaban J connectivity index is 1.28. The number of ether oxygens (including phenoxy) is 1. The molecule has 0 amide bonds. The van der Waals surface area contributed by atoms with Crippen molar-refractivity contribution in [1.82, 2.24) is 0 Å². The van der Waals surface area contributed by atoms with Crippen molar-refractivity contribution in [2.24, 2.45) is 0 Å². The number of aryl methyl sites for hydroxylation is 2. The second-order valence-electron chi connectivity index (χ2n) is 9.54. The van der Waals surface area contributed by atoms with E-state index in [4.69, 9.17) is 9.84 Å². The van der Waals surface area contributed by atoms with Crippen molar-refractivity contribution in [1.29, 1.82) is 0 Å². The summed E-state index contributed by atoms with van der Waals surface area (Å²) in [5, 5.41) is 18.4. The summed E-state index contributed by atoms with van der Waals surface area (Å²) >= 11 is 0. The van der Waals surface area contributed by atoms with Crippen LogP contribution >= 0.6 is 0 Å². The highest BCUT2D eigenvalue weighted by atomic mass is 16.5. The monoisotopic (exact) mass is 515 g/mol. The van der Waals surface area contributed by atoms with Gasteiger partial charge in [0.15, 0.2) is 0 Å². The molecule has 0 saturated heterocycles. The predicted octanol–water partition coefficient (Wildman–Crippen LogP) is 7.34. The van der Waals surface area contributed by atoms with Crippen LogP contribution in [0.1, 0.15) is 11.1 Å². The minimum absolute atomic E-state index is 0.0827. The van der Waals surface area contributed by atoms with Crippen molar-refractivity contribution in [2.45, 2.75) is 18.9 Å². The van der Waals surface area contributed by atoms with E-state index in [1.807, 2.05) is 36.4 Å². The third kappa shape index (κ3) is 6.94. The molecule has 0 aliphatic rings. The van der Waals surface area contributed by atoms with Crippen LogP contribution in [0.3, 0.4) is 0 Å². The van der Waals surface area contributed by atoms with Gasteiger partial charge in [-0.25, -0.2) is 0 Å². The number of aliphatic hydroxyl groups excluding tert-OH is 2. The number of hydrogen-bond donors (Lipinski definition) is 2. The van der Waals surface area contributed by atoms with Crippen molar-refractivity contribution >= 4 is 17.1 Å². The van der Waals surface area contributed by atoms with E-state index in [2.05, 4.69) is 102 Å². The number of rotatable bonds is 11. The molecule has 0 fully saturated rings. The molecule has 0 bridgehead atoms. The van der Waals surface area contributed by atoms with Gasteiger partial charge in [0, 0.05) is 17.1 Å². The number of benzene rings is 5. The van der Waals surface area contributed by atoms with Crippen molar-refractivity contribution in [3.8, 4) is 16.9 Å². The van der Waals surface area contributed by atoms with Crippen LogP contribution in [0.4, 0.5) is 17.1 Å². The normalized spacial score (nSPS) is 11.6. The fourth-order valence-corrected chi connectivity index (χ4v) is 4.56. The van der Waals surface area contributed by atoms with Gasteiger partial charge in [-0.05, 0) is 83.6 Å². The third-order valence-corrected chi connectivity index (χ3v) is 6.72. The first-order valence-corrected chi connectivity index (χ1v) is 13.3. The van der Waals surface area contributed by atoms with E-state index in [0.717, 1.165) is 29.9 Å². The number of aliphatic hydroxyl groups is 2. The van der Waals surface area contributed by atoms with Crippen LogP contribution in [0.15, 0.2) is 133 Å². The minimum atomic E-state index is -0.862. The lowest BCUT2D eigenvalue weighted by Gasteiger charge is -2.26. The number of para-hydroxylation sites is 1. The zero-order chi connectivity index (χ0) is 26.9. The summed E-state index contributed by atoms with van der Waals surface area (Å²) < 4.78 is 5.50. The van der Waals surface area contributed by atoms with Gasteiger partial charge in [0.1, 0.15) is 18.5 Å². The second kappa shape index (κ2) is 12.9. The van der Waals surface area contributed by atoms with Gasteiger partial charge < -0.3 is 19.8 Å². The molecule has 0 heterocycles. The fraction of sp³-hybridized carbons (Fsp3) is 0.143. The highest BCUT2D eigenvalue weighted by Gasteiger charge is 2.12. The number of anilines is 3. The maximum Gasteiger partial charge on any atom is 0.119 e. The summed E-state index contributed by atoms with van der Waals surface area (Å²) in [6, 6.07) is 46.3. The summed E-state index contributed by atoms with van der Waals surface area (Å²) in [5.74, 6) is 0.688. The Morgan fingerprint density at radius 3 is 1.56 bits per heavy atom. The molecule has 39 heavy (non-hydrogen) atoms. The van der Waals surface area contributed by atoms with Crippen LogP contribution in [0.5, 0.6) is 5.75 Å². The van der Waals surface area contributed by atoms with Crippen LogP contribution in [0, 0.1) is 0 Å². The molecule has 4 heteroatoms. The van der Waals surface area contributed by atoms with Crippen molar-refractivity contribution in [3.63, 3.8) is 0 Å². The van der Waals surface area contributed by atoms with Crippen molar-refractivity contribution < 1.29 is 14.9 Å². The van der Waals surface area contributed by atoms with E-state index >= 15 is 0 Å². The summed E-state index contributed by atoms with van der Waals surface area (Å²) in [4.78, 5) is 2.28. The quantitative estimate of drug-likeness (QED) is 0.193. The SMILES string of the molecule is OCC(O)COc1ccc(CCc2ccc(N(c3ccccc3)c3ccc(-c4ccccc4)cc3)cc2)cc1. The molecular formula is C35H33NO3. The Bertz CT molecular complexity index is 1420. The summed E-state index contributed by atoms with van der Waals surface area (Å²) in [7, 11) is 0. The van der Waals surface area contributed by atoms with E-state index in [1.54, 1.807) is 0 Å². The molecule has 0 aliphatic carbocycles. The maximum absolute atomic E-state index is 9.44. The molecule has 1 atom stereocenters. The van der Waals surface area contributed by atoms with Gasteiger partial charge in [-0.2, -0.15) is 0 Å². The third-order valence-electron chi connectivity index (χ3n) is 6.72. The van der Waals surface area contributed by atoms with E-state index in [0.29, 0.717) is 5.75 Å². The topological polar surface area (TPSA) is 52.9 Å². The first-order chi connectivity index (χ1) is 19.2. The van der Waals surface area contributed by atoms with Crippen molar-refractivity contribution in [2.75, 3.05) is 18.1 Å². The van der Waals surface area contributed by atoms with E-state index in [9.17, 15) is 5.11 Å². The van der Waals surface area contributed by atoms with E-state index in [-0.39, 0.29) is 13.2 Å². The molecular weight excluding hydrogens is 482 g/mol. The largest absolute Gasteiger partial charge is 0.491 e. The van der Waals surface area contributed by atoms with Gasteiger partial charge >= 0.3 is 0 Å². The van der Waals surface area contributed by atoms with Crippen LogP contribution < -0.4 is 9.64 Å². The lowest BCUT2D eigenvalue weighted by molar-refractivity contribution is 0.0536. The molecule has 1 unspecified atom stereocenters. The molecule has 5 aromatic carbocycles. The summed E-state index contributed by atoms with van der Waals surface area (Å²) in [6.45, 7) is -0.222. The van der Waals surface area contributed by atoms with Gasteiger partial charge in [0.25, 0.3) is 0 Å². The Kier molecular flexibility index (Phi) is 8.69.